The minimum Gasteiger partial charge on any atom is -0.480 e. The topological polar surface area (TPSA) is 57.6 Å². The van der Waals surface area contributed by atoms with Crippen molar-refractivity contribution in [2.45, 2.75) is 26.8 Å². The van der Waals surface area contributed by atoms with Crippen LogP contribution in [0.2, 0.25) is 0 Å². The average Bonchev–Trinajstić information content (AvgIpc) is 2.38. The zero-order chi connectivity index (χ0) is 12.5. The van der Waals surface area contributed by atoms with Crippen LogP contribution in [0, 0.1) is 5.92 Å². The predicted octanol–water partition coefficient (Wildman–Crippen LogP) is 0.998. The van der Waals surface area contributed by atoms with Crippen LogP contribution in [0.5, 0.6) is 0 Å². The molecular weight excluding hydrogens is 208 g/mol. The summed E-state index contributed by atoms with van der Waals surface area (Å²) in [6.07, 6.45) is 0. The Kier molecular flexibility index (Phi) is 3.57. The number of rotatable bonds is 4. The van der Waals surface area contributed by atoms with Gasteiger partial charge in [-0.05, 0) is 6.92 Å². The molecule has 1 fully saturated rings. The lowest BCUT2D eigenvalue weighted by Crippen LogP contribution is -2.49. The Balaban J connectivity index is 2.92. The maximum atomic E-state index is 12.1. The molecular formula is C11H21N2O3+. The third kappa shape index (κ3) is 2.19. The minimum atomic E-state index is -0.902. The summed E-state index contributed by atoms with van der Waals surface area (Å²) >= 11 is 0. The fourth-order valence-electron chi connectivity index (χ4n) is 2.53. The van der Waals surface area contributed by atoms with E-state index in [9.17, 15) is 9.59 Å². The zero-order valence-electron chi connectivity index (χ0n) is 10.4. The number of carbonyl (C=O) groups is 2. The number of carboxylic acid groups (broad SMARTS) is 1. The van der Waals surface area contributed by atoms with E-state index in [1.165, 1.54) is 4.90 Å². The van der Waals surface area contributed by atoms with Crippen molar-refractivity contribution < 1.29 is 19.2 Å². The molecule has 1 rings (SSSR count). The molecule has 16 heavy (non-hydrogen) atoms. The number of quaternary nitrogens is 1. The van der Waals surface area contributed by atoms with E-state index < -0.39 is 12.0 Å². The maximum Gasteiger partial charge on any atom is 0.419 e. The summed E-state index contributed by atoms with van der Waals surface area (Å²) in [4.78, 5) is 24.7. The van der Waals surface area contributed by atoms with E-state index in [4.69, 9.17) is 5.11 Å². The van der Waals surface area contributed by atoms with E-state index in [0.29, 0.717) is 25.6 Å². The molecule has 0 saturated carbocycles. The first-order valence-corrected chi connectivity index (χ1v) is 5.70. The van der Waals surface area contributed by atoms with Crippen LogP contribution in [-0.4, -0.2) is 59.2 Å². The second-order valence-electron chi connectivity index (χ2n) is 5.08. The average molecular weight is 229 g/mol. The summed E-state index contributed by atoms with van der Waals surface area (Å²) in [5.74, 6) is -0.527. The van der Waals surface area contributed by atoms with E-state index in [0.717, 1.165) is 0 Å². The van der Waals surface area contributed by atoms with Gasteiger partial charge in [-0.1, -0.05) is 13.8 Å². The Hall–Kier alpha value is -1.10. The van der Waals surface area contributed by atoms with Crippen LogP contribution in [0.25, 0.3) is 0 Å². The molecule has 5 heteroatoms. The summed E-state index contributed by atoms with van der Waals surface area (Å²) in [5.41, 5.74) is 0. The van der Waals surface area contributed by atoms with Gasteiger partial charge in [-0.25, -0.2) is 14.1 Å². The molecule has 1 aliphatic heterocycles. The summed E-state index contributed by atoms with van der Waals surface area (Å²) < 4.78 is 0.211. The van der Waals surface area contributed by atoms with E-state index in [-0.39, 0.29) is 10.5 Å². The van der Waals surface area contributed by atoms with Gasteiger partial charge in [0.05, 0.1) is 13.6 Å². The Morgan fingerprint density at radius 3 is 2.50 bits per heavy atom. The van der Waals surface area contributed by atoms with Gasteiger partial charge < -0.3 is 5.11 Å². The van der Waals surface area contributed by atoms with E-state index >= 15 is 0 Å². The first kappa shape index (κ1) is 13.0. The quantitative estimate of drug-likeness (QED) is 0.732. The Labute approximate surface area is 96.2 Å². The van der Waals surface area contributed by atoms with Crippen LogP contribution in [-0.2, 0) is 4.79 Å². The number of carboxylic acids is 1. The highest BCUT2D eigenvalue weighted by molar-refractivity contribution is 5.82. The molecule has 0 aromatic heterocycles. The summed E-state index contributed by atoms with van der Waals surface area (Å²) in [7, 11) is 1.83. The number of carbonyl (C=O) groups excluding carboxylic acids is 1. The van der Waals surface area contributed by atoms with Gasteiger partial charge in [-0.15, -0.1) is 0 Å². The van der Waals surface area contributed by atoms with E-state index in [2.05, 4.69) is 0 Å². The van der Waals surface area contributed by atoms with Crippen molar-refractivity contribution >= 4 is 12.0 Å². The largest absolute Gasteiger partial charge is 0.480 e. The molecule has 0 aromatic rings. The van der Waals surface area contributed by atoms with Crippen LogP contribution < -0.4 is 0 Å². The smallest absolute Gasteiger partial charge is 0.419 e. The Bertz CT molecular complexity index is 304. The normalized spacial score (nSPS) is 30.2. The van der Waals surface area contributed by atoms with E-state index in [1.807, 2.05) is 27.8 Å². The first-order chi connectivity index (χ1) is 7.31. The molecule has 92 valence electrons. The third-order valence-corrected chi connectivity index (χ3v) is 3.05. The number of nitrogens with zero attached hydrogens (tertiary/aromatic N) is 2. The molecule has 0 bridgehead atoms. The first-order valence-electron chi connectivity index (χ1n) is 5.70. The molecule has 0 spiro atoms. The fourth-order valence-corrected chi connectivity index (χ4v) is 2.53. The molecule has 1 N–H and O–H groups in total. The van der Waals surface area contributed by atoms with Crippen molar-refractivity contribution in [1.82, 2.24) is 4.90 Å². The summed E-state index contributed by atoms with van der Waals surface area (Å²) in [6, 6.07) is -0.732. The number of urea groups is 1. The van der Waals surface area contributed by atoms with Crippen LogP contribution in [0.4, 0.5) is 4.79 Å². The molecule has 0 aromatic carbocycles. The van der Waals surface area contributed by atoms with Gasteiger partial charge in [-0.3, -0.25) is 4.90 Å². The number of aliphatic carboxylic acids is 1. The summed E-state index contributed by atoms with van der Waals surface area (Å²) in [5, 5.41) is 9.10. The van der Waals surface area contributed by atoms with Gasteiger partial charge in [-0.2, -0.15) is 0 Å². The van der Waals surface area contributed by atoms with Gasteiger partial charge in [0.2, 0.25) is 0 Å². The highest BCUT2D eigenvalue weighted by atomic mass is 16.4. The lowest BCUT2D eigenvalue weighted by atomic mass is 10.2. The highest BCUT2D eigenvalue weighted by Crippen LogP contribution is 2.24. The van der Waals surface area contributed by atoms with Gasteiger partial charge >= 0.3 is 12.0 Å². The van der Waals surface area contributed by atoms with Crippen molar-refractivity contribution in [2.24, 2.45) is 5.92 Å². The van der Waals surface area contributed by atoms with Crippen molar-refractivity contribution in [3.05, 3.63) is 0 Å². The molecule has 1 aliphatic rings. The van der Waals surface area contributed by atoms with Crippen molar-refractivity contribution in [2.75, 3.05) is 26.7 Å². The molecule has 2 unspecified atom stereocenters. The lowest BCUT2D eigenvalue weighted by Gasteiger charge is -2.27. The van der Waals surface area contributed by atoms with Crippen LogP contribution in [0.3, 0.4) is 0 Å². The molecule has 5 nitrogen and oxygen atoms in total. The summed E-state index contributed by atoms with van der Waals surface area (Å²) in [6.45, 7) is 7.43. The van der Waals surface area contributed by atoms with Crippen LogP contribution in [0.15, 0.2) is 0 Å². The Morgan fingerprint density at radius 2 is 2.19 bits per heavy atom. The van der Waals surface area contributed by atoms with Crippen LogP contribution >= 0.6 is 0 Å². The predicted molar refractivity (Wildman–Crippen MR) is 60.0 cm³/mol. The number of likely N-dealkylation sites (N-methyl/N-ethyl adjacent to an activating group) is 2. The van der Waals surface area contributed by atoms with E-state index in [1.54, 1.807) is 0 Å². The molecule has 1 saturated heterocycles. The number of hydrogen-bond acceptors (Lipinski definition) is 2. The maximum absolute atomic E-state index is 12.1. The minimum absolute atomic E-state index is 0.0661. The van der Waals surface area contributed by atoms with Gasteiger partial charge in [0.15, 0.2) is 6.04 Å². The number of hydrogen-bond donors (Lipinski definition) is 1. The van der Waals surface area contributed by atoms with Crippen LogP contribution in [0.1, 0.15) is 20.8 Å². The van der Waals surface area contributed by atoms with Gasteiger partial charge in [0, 0.05) is 12.5 Å². The molecule has 2 atom stereocenters. The van der Waals surface area contributed by atoms with Crippen molar-refractivity contribution in [3.63, 3.8) is 0 Å². The standard InChI is InChI=1S/C11H20N2O3/c1-5-12-9(10(14)15)7-13(4,11(12)16)6-8(2)3/h8-9H,5-7H2,1-4H3/p+1. The molecule has 0 aliphatic carbocycles. The molecule has 0 radical (unpaired) electrons. The Morgan fingerprint density at radius 1 is 1.62 bits per heavy atom. The highest BCUT2D eigenvalue weighted by Gasteiger charge is 2.51. The van der Waals surface area contributed by atoms with Crippen molar-refractivity contribution in [3.8, 4) is 0 Å². The monoisotopic (exact) mass is 229 g/mol. The third-order valence-electron chi connectivity index (χ3n) is 3.05. The molecule has 2 amide bonds. The van der Waals surface area contributed by atoms with Crippen molar-refractivity contribution in [1.29, 1.82) is 0 Å². The van der Waals surface area contributed by atoms with Gasteiger partial charge in [0.1, 0.15) is 6.54 Å². The zero-order valence-corrected chi connectivity index (χ0v) is 10.4. The number of amides is 2. The second kappa shape index (κ2) is 4.41. The lowest BCUT2D eigenvalue weighted by molar-refractivity contribution is -0.825. The fraction of sp³-hybridized carbons (Fsp3) is 0.818. The second-order valence-corrected chi connectivity index (χ2v) is 5.08. The van der Waals surface area contributed by atoms with Gasteiger partial charge in [0.25, 0.3) is 0 Å². The SMILES string of the molecule is CCN1C(=O)[N+](C)(CC(C)C)CC1C(=O)O. The molecule has 1 heterocycles.